The van der Waals surface area contributed by atoms with Crippen LogP contribution in [0.5, 0.6) is 0 Å². The molecule has 0 unspecified atom stereocenters. The highest BCUT2D eigenvalue weighted by Gasteiger charge is 2.31. The lowest BCUT2D eigenvalue weighted by Crippen LogP contribution is -2.41. The summed E-state index contributed by atoms with van der Waals surface area (Å²) in [4.78, 5) is 15.8. The van der Waals surface area contributed by atoms with Gasteiger partial charge in [-0.1, -0.05) is 13.8 Å². The summed E-state index contributed by atoms with van der Waals surface area (Å²) < 4.78 is 0.641. The van der Waals surface area contributed by atoms with E-state index in [0.29, 0.717) is 23.1 Å². The van der Waals surface area contributed by atoms with Gasteiger partial charge in [-0.2, -0.15) is 0 Å². The third-order valence-corrected chi connectivity index (χ3v) is 3.01. The summed E-state index contributed by atoms with van der Waals surface area (Å²) in [6.45, 7) is 3.57. The van der Waals surface area contributed by atoms with Crippen molar-refractivity contribution in [1.29, 1.82) is 0 Å². The SMILES string of the molecule is CCC(O)(CC)C(=O)Nc1ccnc(Br)c1. The first-order chi connectivity index (χ1) is 7.51. The van der Waals surface area contributed by atoms with Gasteiger partial charge >= 0.3 is 0 Å². The molecule has 0 spiro atoms. The molecule has 0 atom stereocenters. The van der Waals surface area contributed by atoms with Gasteiger partial charge in [-0.3, -0.25) is 4.79 Å². The van der Waals surface area contributed by atoms with Crippen molar-refractivity contribution in [1.82, 2.24) is 4.98 Å². The quantitative estimate of drug-likeness (QED) is 0.835. The Kier molecular flexibility index (Phi) is 4.44. The number of hydrogen-bond acceptors (Lipinski definition) is 3. The summed E-state index contributed by atoms with van der Waals surface area (Å²) in [7, 11) is 0. The number of halogens is 1. The maximum Gasteiger partial charge on any atom is 0.256 e. The number of aromatic nitrogens is 1. The summed E-state index contributed by atoms with van der Waals surface area (Å²) in [5.41, 5.74) is -0.678. The average molecular weight is 287 g/mol. The highest BCUT2D eigenvalue weighted by atomic mass is 79.9. The zero-order valence-corrected chi connectivity index (χ0v) is 10.9. The van der Waals surface area contributed by atoms with Gasteiger partial charge in [0, 0.05) is 11.9 Å². The van der Waals surface area contributed by atoms with Crippen LogP contribution in [0.25, 0.3) is 0 Å². The van der Waals surface area contributed by atoms with E-state index in [1.807, 2.05) is 0 Å². The van der Waals surface area contributed by atoms with Crippen molar-refractivity contribution >= 4 is 27.5 Å². The van der Waals surface area contributed by atoms with E-state index in [2.05, 4.69) is 26.2 Å². The van der Waals surface area contributed by atoms with E-state index in [9.17, 15) is 9.90 Å². The Morgan fingerprint density at radius 1 is 1.56 bits per heavy atom. The van der Waals surface area contributed by atoms with Gasteiger partial charge in [0.25, 0.3) is 5.91 Å². The Balaban J connectivity index is 2.78. The largest absolute Gasteiger partial charge is 0.380 e. The predicted octanol–water partition coefficient (Wildman–Crippen LogP) is 2.33. The Labute approximate surface area is 103 Å². The minimum absolute atomic E-state index is 0.379. The number of nitrogens with one attached hydrogen (secondary N) is 1. The normalized spacial score (nSPS) is 11.2. The molecule has 16 heavy (non-hydrogen) atoms. The monoisotopic (exact) mass is 286 g/mol. The second-order valence-electron chi connectivity index (χ2n) is 3.56. The van der Waals surface area contributed by atoms with Crippen LogP contribution in [0, 0.1) is 0 Å². The lowest BCUT2D eigenvalue weighted by Gasteiger charge is -2.23. The van der Waals surface area contributed by atoms with E-state index in [-0.39, 0.29) is 5.91 Å². The molecule has 0 saturated carbocycles. The van der Waals surface area contributed by atoms with E-state index < -0.39 is 5.60 Å². The van der Waals surface area contributed by atoms with Crippen molar-refractivity contribution in [2.75, 3.05) is 5.32 Å². The van der Waals surface area contributed by atoms with Gasteiger partial charge < -0.3 is 10.4 Å². The van der Waals surface area contributed by atoms with E-state index in [1.165, 1.54) is 0 Å². The Morgan fingerprint density at radius 3 is 2.69 bits per heavy atom. The molecule has 1 heterocycles. The zero-order chi connectivity index (χ0) is 12.2. The number of anilines is 1. The topological polar surface area (TPSA) is 62.2 Å². The summed E-state index contributed by atoms with van der Waals surface area (Å²) in [6, 6.07) is 3.36. The third-order valence-electron chi connectivity index (χ3n) is 2.58. The second-order valence-corrected chi connectivity index (χ2v) is 4.37. The minimum Gasteiger partial charge on any atom is -0.380 e. The van der Waals surface area contributed by atoms with Gasteiger partial charge in [0.15, 0.2) is 0 Å². The van der Waals surface area contributed by atoms with E-state index in [1.54, 1.807) is 32.2 Å². The van der Waals surface area contributed by atoms with Gasteiger partial charge in [-0.25, -0.2) is 4.98 Å². The van der Waals surface area contributed by atoms with E-state index in [4.69, 9.17) is 0 Å². The Bertz CT molecular complexity index is 378. The lowest BCUT2D eigenvalue weighted by atomic mass is 9.96. The van der Waals surface area contributed by atoms with Crippen LogP contribution in [0.3, 0.4) is 0 Å². The molecule has 1 amide bonds. The zero-order valence-electron chi connectivity index (χ0n) is 9.33. The Morgan fingerprint density at radius 2 is 2.19 bits per heavy atom. The smallest absolute Gasteiger partial charge is 0.256 e. The van der Waals surface area contributed by atoms with Crippen LogP contribution in [0.15, 0.2) is 22.9 Å². The molecule has 0 fully saturated rings. The van der Waals surface area contributed by atoms with Gasteiger partial charge in [0.1, 0.15) is 10.2 Å². The lowest BCUT2D eigenvalue weighted by molar-refractivity contribution is -0.134. The molecule has 0 aromatic carbocycles. The molecule has 88 valence electrons. The fourth-order valence-corrected chi connectivity index (χ4v) is 1.66. The van der Waals surface area contributed by atoms with Crippen molar-refractivity contribution in [2.24, 2.45) is 0 Å². The van der Waals surface area contributed by atoms with Gasteiger partial charge in [-0.05, 0) is 40.9 Å². The number of aliphatic hydroxyl groups is 1. The van der Waals surface area contributed by atoms with Crippen molar-refractivity contribution in [3.8, 4) is 0 Å². The van der Waals surface area contributed by atoms with Crippen molar-refractivity contribution in [3.05, 3.63) is 22.9 Å². The maximum absolute atomic E-state index is 11.8. The molecule has 0 aliphatic carbocycles. The molecular weight excluding hydrogens is 272 g/mol. The number of amides is 1. The molecule has 0 aliphatic heterocycles. The molecule has 1 rings (SSSR count). The first-order valence-corrected chi connectivity index (χ1v) is 5.96. The minimum atomic E-state index is -1.30. The predicted molar refractivity (Wildman–Crippen MR) is 66.1 cm³/mol. The molecular formula is C11H15BrN2O2. The summed E-state index contributed by atoms with van der Waals surface area (Å²) >= 11 is 3.21. The molecule has 5 heteroatoms. The van der Waals surface area contributed by atoms with Gasteiger partial charge in [0.2, 0.25) is 0 Å². The molecule has 1 aromatic heterocycles. The molecule has 1 aromatic rings. The van der Waals surface area contributed by atoms with Crippen LogP contribution in [0.4, 0.5) is 5.69 Å². The standard InChI is InChI=1S/C11H15BrN2O2/c1-3-11(16,4-2)10(15)14-8-5-6-13-9(12)7-8/h5-7,16H,3-4H2,1-2H3,(H,13,14,15). The van der Waals surface area contributed by atoms with Crippen LogP contribution in [0.2, 0.25) is 0 Å². The van der Waals surface area contributed by atoms with Crippen molar-refractivity contribution in [3.63, 3.8) is 0 Å². The molecule has 0 bridgehead atoms. The van der Waals surface area contributed by atoms with Crippen LogP contribution in [-0.4, -0.2) is 21.6 Å². The summed E-state index contributed by atoms with van der Waals surface area (Å²) in [6.07, 6.45) is 2.36. The van der Waals surface area contributed by atoms with Crippen LogP contribution in [0.1, 0.15) is 26.7 Å². The number of carbonyl (C=O) groups is 1. The highest BCUT2D eigenvalue weighted by Crippen LogP contribution is 2.19. The van der Waals surface area contributed by atoms with Gasteiger partial charge in [0.05, 0.1) is 0 Å². The van der Waals surface area contributed by atoms with Crippen LogP contribution in [-0.2, 0) is 4.79 Å². The average Bonchev–Trinajstić information content (AvgIpc) is 2.28. The second kappa shape index (κ2) is 5.41. The molecule has 0 radical (unpaired) electrons. The van der Waals surface area contributed by atoms with E-state index in [0.717, 1.165) is 0 Å². The number of nitrogens with zero attached hydrogens (tertiary/aromatic N) is 1. The van der Waals surface area contributed by atoms with E-state index >= 15 is 0 Å². The summed E-state index contributed by atoms with van der Waals surface area (Å²) in [5.74, 6) is -0.379. The molecule has 2 N–H and O–H groups in total. The molecule has 4 nitrogen and oxygen atoms in total. The van der Waals surface area contributed by atoms with Crippen LogP contribution >= 0.6 is 15.9 Å². The first kappa shape index (κ1) is 13.1. The third kappa shape index (κ3) is 3.02. The number of pyridine rings is 1. The maximum atomic E-state index is 11.8. The van der Waals surface area contributed by atoms with Crippen molar-refractivity contribution in [2.45, 2.75) is 32.3 Å². The molecule has 0 aliphatic rings. The summed E-state index contributed by atoms with van der Waals surface area (Å²) in [5, 5.41) is 12.7. The fourth-order valence-electron chi connectivity index (χ4n) is 1.30. The number of hydrogen-bond donors (Lipinski definition) is 2. The van der Waals surface area contributed by atoms with Crippen LogP contribution < -0.4 is 5.32 Å². The van der Waals surface area contributed by atoms with Gasteiger partial charge in [-0.15, -0.1) is 0 Å². The highest BCUT2D eigenvalue weighted by molar-refractivity contribution is 9.10. The Hall–Kier alpha value is -0.940. The number of carbonyl (C=O) groups excluding carboxylic acids is 1. The van der Waals surface area contributed by atoms with Crippen molar-refractivity contribution < 1.29 is 9.90 Å². The molecule has 0 saturated heterocycles. The number of rotatable bonds is 4. The first-order valence-electron chi connectivity index (χ1n) is 5.17. The fraction of sp³-hybridized carbons (Fsp3) is 0.455.